The number of anilines is 1. The van der Waals surface area contributed by atoms with E-state index in [-0.39, 0.29) is 11.8 Å². The Balaban J connectivity index is 1.19. The maximum atomic E-state index is 13.4. The van der Waals surface area contributed by atoms with Gasteiger partial charge in [0.15, 0.2) is 0 Å². The number of hydrogen-bond donors (Lipinski definition) is 2. The molecule has 0 aliphatic carbocycles. The highest BCUT2D eigenvalue weighted by Crippen LogP contribution is 2.25. The van der Waals surface area contributed by atoms with Gasteiger partial charge in [0.2, 0.25) is 11.9 Å². The molecule has 3 aromatic carbocycles. The van der Waals surface area contributed by atoms with Gasteiger partial charge >= 0.3 is 0 Å². The third-order valence-corrected chi connectivity index (χ3v) is 7.45. The smallest absolute Gasteiger partial charge is 0.258 e. The van der Waals surface area contributed by atoms with Crippen LogP contribution in [0.3, 0.4) is 0 Å². The van der Waals surface area contributed by atoms with Crippen LogP contribution >= 0.6 is 0 Å². The molecule has 40 heavy (non-hydrogen) atoms. The number of aromatic amines is 1. The molecule has 2 aromatic heterocycles. The van der Waals surface area contributed by atoms with Crippen molar-refractivity contribution in [2.24, 2.45) is 0 Å². The fourth-order valence-corrected chi connectivity index (χ4v) is 5.28. The number of likely N-dealkylation sites (tertiary alicyclic amines) is 1. The molecule has 1 aliphatic heterocycles. The molecule has 0 unspecified atom stereocenters. The zero-order valence-electron chi connectivity index (χ0n) is 22.3. The Morgan fingerprint density at radius 3 is 2.58 bits per heavy atom. The second kappa shape index (κ2) is 11.6. The van der Waals surface area contributed by atoms with Gasteiger partial charge in [-0.15, -0.1) is 0 Å². The van der Waals surface area contributed by atoms with Gasteiger partial charge in [0.1, 0.15) is 0 Å². The zero-order chi connectivity index (χ0) is 27.3. The van der Waals surface area contributed by atoms with Crippen LogP contribution in [-0.4, -0.2) is 49.6 Å². The van der Waals surface area contributed by atoms with Crippen LogP contribution in [0.15, 0.2) is 85.2 Å². The number of rotatable bonds is 8. The second-order valence-electron chi connectivity index (χ2n) is 10.3. The van der Waals surface area contributed by atoms with Crippen molar-refractivity contribution < 1.29 is 9.59 Å². The Morgan fingerprint density at radius 1 is 0.900 bits per heavy atom. The van der Waals surface area contributed by atoms with Crippen molar-refractivity contribution in [3.05, 3.63) is 96.4 Å². The maximum Gasteiger partial charge on any atom is 0.258 e. The zero-order valence-corrected chi connectivity index (χ0v) is 22.3. The van der Waals surface area contributed by atoms with Crippen LogP contribution in [0.2, 0.25) is 0 Å². The van der Waals surface area contributed by atoms with Gasteiger partial charge in [-0.25, -0.2) is 4.98 Å². The Kier molecular flexibility index (Phi) is 7.39. The summed E-state index contributed by atoms with van der Waals surface area (Å²) in [6.45, 7) is 1.74. The molecule has 0 atom stereocenters. The number of nitrogens with zero attached hydrogens (tertiary/aromatic N) is 4. The fraction of sp³-hybridized carbons (Fsp3) is 0.250. The third kappa shape index (κ3) is 5.66. The molecule has 6 rings (SSSR count). The predicted molar refractivity (Wildman–Crippen MR) is 156 cm³/mol. The number of piperidine rings is 1. The van der Waals surface area contributed by atoms with E-state index in [1.54, 1.807) is 12.3 Å². The first-order valence-electron chi connectivity index (χ1n) is 13.9. The summed E-state index contributed by atoms with van der Waals surface area (Å²) in [7, 11) is 0. The quantitative estimate of drug-likeness (QED) is 0.256. The lowest BCUT2D eigenvalue weighted by molar-refractivity contribution is -0.132. The van der Waals surface area contributed by atoms with E-state index in [0.717, 1.165) is 65.8 Å². The number of hydrogen-bond acceptors (Lipinski definition) is 4. The molecule has 1 fully saturated rings. The number of aryl methyl sites for hydroxylation is 1. The second-order valence-corrected chi connectivity index (χ2v) is 10.3. The highest BCUT2D eigenvalue weighted by molar-refractivity contribution is 6.04. The van der Waals surface area contributed by atoms with Crippen LogP contribution in [0.4, 0.5) is 5.95 Å². The molecule has 2 N–H and O–H groups in total. The minimum absolute atomic E-state index is 0.225. The van der Waals surface area contributed by atoms with Crippen LogP contribution in [0.1, 0.15) is 48.2 Å². The molecule has 5 aromatic rings. The number of carbonyl (C=O) groups excluding carboxylic acids is 2. The number of aromatic nitrogens is 4. The van der Waals surface area contributed by atoms with E-state index in [0.29, 0.717) is 24.4 Å². The molecule has 202 valence electrons. The summed E-state index contributed by atoms with van der Waals surface area (Å²) >= 11 is 0. The molecule has 8 heteroatoms. The summed E-state index contributed by atoms with van der Waals surface area (Å²) in [5.41, 5.74) is 5.21. The van der Waals surface area contributed by atoms with E-state index < -0.39 is 0 Å². The third-order valence-electron chi connectivity index (χ3n) is 7.45. The molecule has 1 aliphatic rings. The van der Waals surface area contributed by atoms with Crippen LogP contribution in [0, 0.1) is 0 Å². The number of amides is 2. The lowest BCUT2D eigenvalue weighted by atomic mass is 10.0. The normalized spacial score (nSPS) is 13.4. The van der Waals surface area contributed by atoms with E-state index in [4.69, 9.17) is 4.98 Å². The van der Waals surface area contributed by atoms with Crippen molar-refractivity contribution in [1.29, 1.82) is 0 Å². The number of nitrogens with one attached hydrogen (secondary N) is 2. The molecule has 2 amide bonds. The topological polar surface area (TPSA) is 95.9 Å². The van der Waals surface area contributed by atoms with Crippen molar-refractivity contribution in [3.8, 4) is 16.8 Å². The number of carbonyl (C=O) groups is 2. The highest BCUT2D eigenvalue weighted by atomic mass is 16.2. The van der Waals surface area contributed by atoms with E-state index in [1.807, 2.05) is 76.3 Å². The van der Waals surface area contributed by atoms with E-state index in [1.165, 1.54) is 6.42 Å². The summed E-state index contributed by atoms with van der Waals surface area (Å²) in [5.74, 6) is 0.446. The lowest BCUT2D eigenvalue weighted by Crippen LogP contribution is -2.35. The van der Waals surface area contributed by atoms with E-state index in [2.05, 4.69) is 21.6 Å². The molecule has 0 radical (unpaired) electrons. The Hall–Kier alpha value is -4.72. The maximum absolute atomic E-state index is 13.4. The minimum atomic E-state index is -0.235. The number of imidazole rings is 1. The van der Waals surface area contributed by atoms with Gasteiger partial charge in [0, 0.05) is 42.3 Å². The molecule has 8 nitrogen and oxygen atoms in total. The summed E-state index contributed by atoms with van der Waals surface area (Å²) in [4.78, 5) is 32.8. The molecule has 3 heterocycles. The van der Waals surface area contributed by atoms with Gasteiger partial charge in [0.25, 0.3) is 5.91 Å². The van der Waals surface area contributed by atoms with Crippen molar-refractivity contribution in [3.63, 3.8) is 0 Å². The van der Waals surface area contributed by atoms with Gasteiger partial charge in [-0.3, -0.25) is 24.6 Å². The first-order chi connectivity index (χ1) is 19.6. The van der Waals surface area contributed by atoms with Crippen LogP contribution < -0.4 is 5.32 Å². The average molecular weight is 533 g/mol. The molecule has 0 spiro atoms. The average Bonchev–Trinajstić information content (AvgIpc) is 3.64. The SMILES string of the molecule is O=C(Nc1nc(CCCC(=O)N2CCCCC2)cn1-c1ccccc1)c1cccc(-c2ccc3[nH]ncc3c2)c1. The summed E-state index contributed by atoms with van der Waals surface area (Å²) in [6, 6.07) is 23.5. The van der Waals surface area contributed by atoms with Crippen LogP contribution in [-0.2, 0) is 11.2 Å². The molecule has 0 saturated carbocycles. The highest BCUT2D eigenvalue weighted by Gasteiger charge is 2.18. The largest absolute Gasteiger partial charge is 0.343 e. The van der Waals surface area contributed by atoms with Gasteiger partial charge in [-0.2, -0.15) is 5.10 Å². The van der Waals surface area contributed by atoms with Crippen LogP contribution in [0.5, 0.6) is 0 Å². The van der Waals surface area contributed by atoms with Gasteiger partial charge in [-0.1, -0.05) is 36.4 Å². The van der Waals surface area contributed by atoms with E-state index >= 15 is 0 Å². The molecule has 0 bridgehead atoms. The van der Waals surface area contributed by atoms with Crippen LogP contribution in [0.25, 0.3) is 27.7 Å². The number of para-hydroxylation sites is 1. The standard InChI is InChI=1S/C32H32N6O2/c39-30(37-17-5-2-6-18-37)14-8-11-27-22-38(28-12-3-1-4-13-28)32(34-27)35-31(40)25-10-7-9-23(19-25)24-15-16-29-26(20-24)21-33-36-29/h1,3-4,7,9-10,12-13,15-16,19-22H,2,5-6,8,11,14,17-18H2,(H,33,36)(H,34,35,40). The van der Waals surface area contributed by atoms with Crippen molar-refractivity contribution in [2.75, 3.05) is 18.4 Å². The fourth-order valence-electron chi connectivity index (χ4n) is 5.28. The molecular weight excluding hydrogens is 500 g/mol. The summed E-state index contributed by atoms with van der Waals surface area (Å²) in [6.07, 6.45) is 9.04. The Bertz CT molecular complexity index is 1630. The Labute approximate surface area is 233 Å². The molecular formula is C32H32N6O2. The van der Waals surface area contributed by atoms with Gasteiger partial charge in [-0.05, 0) is 79.6 Å². The molecule has 1 saturated heterocycles. The number of H-pyrrole nitrogens is 1. The van der Waals surface area contributed by atoms with Gasteiger partial charge < -0.3 is 4.90 Å². The number of benzene rings is 3. The van der Waals surface area contributed by atoms with Crippen molar-refractivity contribution in [1.82, 2.24) is 24.6 Å². The first kappa shape index (κ1) is 25.6. The van der Waals surface area contributed by atoms with E-state index in [9.17, 15) is 9.59 Å². The summed E-state index contributed by atoms with van der Waals surface area (Å²) < 4.78 is 1.90. The van der Waals surface area contributed by atoms with Crippen molar-refractivity contribution >= 4 is 28.7 Å². The monoisotopic (exact) mass is 532 g/mol. The predicted octanol–water partition coefficient (Wildman–Crippen LogP) is 6.00. The first-order valence-corrected chi connectivity index (χ1v) is 13.9. The lowest BCUT2D eigenvalue weighted by Gasteiger charge is -2.26. The van der Waals surface area contributed by atoms with Gasteiger partial charge in [0.05, 0.1) is 17.4 Å². The summed E-state index contributed by atoms with van der Waals surface area (Å²) in [5, 5.41) is 11.1. The minimum Gasteiger partial charge on any atom is -0.343 e. The number of fused-ring (bicyclic) bond motifs is 1. The Morgan fingerprint density at radius 2 is 1.73 bits per heavy atom. The van der Waals surface area contributed by atoms with Crippen molar-refractivity contribution in [2.45, 2.75) is 38.5 Å².